The first-order valence-electron chi connectivity index (χ1n) is 12.0. The lowest BCUT2D eigenvalue weighted by molar-refractivity contribution is -0.154. The van der Waals surface area contributed by atoms with E-state index in [2.05, 4.69) is 5.32 Å². The van der Waals surface area contributed by atoms with Crippen molar-refractivity contribution >= 4 is 39.3 Å². The van der Waals surface area contributed by atoms with Gasteiger partial charge in [-0.2, -0.15) is 0 Å². The summed E-state index contributed by atoms with van der Waals surface area (Å²) in [5, 5.41) is 3.72. The molecule has 2 heterocycles. The molecule has 1 N–H and O–H groups in total. The number of sulfonamides is 1. The molecule has 3 aromatic carbocycles. The van der Waals surface area contributed by atoms with Crippen molar-refractivity contribution in [2.24, 2.45) is 5.41 Å². The molecule has 2 aliphatic heterocycles. The second-order valence-electron chi connectivity index (χ2n) is 9.55. The van der Waals surface area contributed by atoms with Crippen LogP contribution in [0.4, 0.5) is 5.69 Å². The maximum Gasteiger partial charge on any atom is 0.323 e. The van der Waals surface area contributed by atoms with Gasteiger partial charge in [0.2, 0.25) is 0 Å². The van der Waals surface area contributed by atoms with E-state index < -0.39 is 45.4 Å². The Balaban J connectivity index is 1.79. The molecular weight excluding hydrogens is 528 g/mol. The van der Waals surface area contributed by atoms with E-state index in [1.165, 1.54) is 18.5 Å². The number of nitrogens with zero attached hydrogens (tertiary/aromatic N) is 1. The second-order valence-corrected chi connectivity index (χ2v) is 11.8. The number of hydrogen-bond acceptors (Lipinski definition) is 7. The van der Waals surface area contributed by atoms with E-state index in [1.807, 2.05) is 6.92 Å². The minimum absolute atomic E-state index is 0.0890. The summed E-state index contributed by atoms with van der Waals surface area (Å²) in [6, 6.07) is 18.6. The van der Waals surface area contributed by atoms with Gasteiger partial charge in [0.15, 0.2) is 0 Å². The summed E-state index contributed by atoms with van der Waals surface area (Å²) in [6.45, 7) is 1.60. The van der Waals surface area contributed by atoms with Crippen LogP contribution in [0.5, 0.6) is 0 Å². The number of aryl methyl sites for hydroxylation is 1. The molecule has 0 amide bonds. The molecule has 1 saturated heterocycles. The van der Waals surface area contributed by atoms with Gasteiger partial charge in [0.25, 0.3) is 10.0 Å². The summed E-state index contributed by atoms with van der Waals surface area (Å²) < 4.78 is 39.9. The van der Waals surface area contributed by atoms with Gasteiger partial charge in [0, 0.05) is 10.9 Å². The van der Waals surface area contributed by atoms with E-state index in [0.29, 0.717) is 21.8 Å². The van der Waals surface area contributed by atoms with E-state index in [0.717, 1.165) is 5.56 Å². The molecule has 0 radical (unpaired) electrons. The molecule has 2 aliphatic rings. The number of methoxy groups -OCH3 is 2. The van der Waals surface area contributed by atoms with Gasteiger partial charge in [0.1, 0.15) is 11.5 Å². The highest BCUT2D eigenvalue weighted by Gasteiger charge is 2.67. The molecular formula is C28H27ClN2O6S. The van der Waals surface area contributed by atoms with Gasteiger partial charge in [-0.15, -0.1) is 0 Å². The van der Waals surface area contributed by atoms with E-state index in [9.17, 15) is 18.0 Å². The van der Waals surface area contributed by atoms with Gasteiger partial charge in [-0.25, -0.2) is 8.42 Å². The monoisotopic (exact) mass is 554 g/mol. The number of esters is 2. The number of nitrogens with one attached hydrogen (secondary N) is 1. The number of carbonyl (C=O) groups excluding carboxylic acids is 2. The van der Waals surface area contributed by atoms with Crippen LogP contribution < -0.4 is 9.62 Å². The number of halogens is 1. The quantitative estimate of drug-likeness (QED) is 0.476. The zero-order chi connectivity index (χ0) is 27.2. The van der Waals surface area contributed by atoms with Crippen LogP contribution in [0.2, 0.25) is 5.02 Å². The zero-order valence-electron chi connectivity index (χ0n) is 21.1. The fourth-order valence-corrected chi connectivity index (χ4v) is 7.55. The number of para-hydroxylation sites is 1. The van der Waals surface area contributed by atoms with Crippen LogP contribution in [0.25, 0.3) is 0 Å². The second kappa shape index (κ2) is 9.72. The van der Waals surface area contributed by atoms with Crippen LogP contribution in [-0.4, -0.2) is 47.2 Å². The molecule has 5 rings (SSSR count). The van der Waals surface area contributed by atoms with Crippen LogP contribution in [0.15, 0.2) is 77.7 Å². The third-order valence-corrected chi connectivity index (χ3v) is 9.52. The van der Waals surface area contributed by atoms with Gasteiger partial charge in [-0.1, -0.05) is 59.6 Å². The third-order valence-electron chi connectivity index (χ3n) is 7.51. The van der Waals surface area contributed by atoms with Crippen molar-refractivity contribution in [2.75, 3.05) is 25.1 Å². The lowest BCUT2D eigenvalue weighted by Crippen LogP contribution is -2.54. The Hall–Kier alpha value is -3.40. The van der Waals surface area contributed by atoms with Crippen molar-refractivity contribution in [1.82, 2.24) is 5.32 Å². The van der Waals surface area contributed by atoms with Gasteiger partial charge >= 0.3 is 11.9 Å². The molecule has 198 valence electrons. The molecule has 3 aromatic rings. The molecule has 0 unspecified atom stereocenters. The maximum absolute atomic E-state index is 14.1. The summed E-state index contributed by atoms with van der Waals surface area (Å²) in [5.41, 5.74) is 0.944. The number of benzene rings is 3. The van der Waals surface area contributed by atoms with Crippen molar-refractivity contribution < 1.29 is 27.5 Å². The Morgan fingerprint density at radius 3 is 2.37 bits per heavy atom. The lowest BCUT2D eigenvalue weighted by atomic mass is 9.65. The summed E-state index contributed by atoms with van der Waals surface area (Å²) in [6.07, 6.45) is 0. The Kier molecular flexibility index (Phi) is 6.71. The number of ether oxygens (including phenoxy) is 2. The number of carbonyl (C=O) groups is 2. The van der Waals surface area contributed by atoms with Gasteiger partial charge in [-0.05, 0) is 48.4 Å². The largest absolute Gasteiger partial charge is 0.468 e. The van der Waals surface area contributed by atoms with Gasteiger partial charge < -0.3 is 9.47 Å². The Labute approximate surface area is 226 Å². The fourth-order valence-electron chi connectivity index (χ4n) is 5.81. The number of rotatable bonds is 5. The van der Waals surface area contributed by atoms with Crippen LogP contribution in [-0.2, 0) is 29.1 Å². The number of fused-ring (bicyclic) bond motifs is 3. The van der Waals surface area contributed by atoms with Crippen LogP contribution in [0.1, 0.15) is 28.7 Å². The average Bonchev–Trinajstić information content (AvgIpc) is 3.28. The van der Waals surface area contributed by atoms with Crippen LogP contribution in [0, 0.1) is 12.3 Å². The molecule has 0 spiro atoms. The zero-order valence-corrected chi connectivity index (χ0v) is 22.6. The minimum Gasteiger partial charge on any atom is -0.468 e. The van der Waals surface area contributed by atoms with E-state index in [1.54, 1.807) is 72.8 Å². The topological polar surface area (TPSA) is 102 Å². The Bertz CT molecular complexity index is 1510. The summed E-state index contributed by atoms with van der Waals surface area (Å²) in [4.78, 5) is 27.1. The normalized spacial score (nSPS) is 24.3. The number of hydrogen-bond donors (Lipinski definition) is 1. The molecule has 0 aromatic heterocycles. The summed E-state index contributed by atoms with van der Waals surface area (Å²) in [7, 11) is -1.58. The molecule has 38 heavy (non-hydrogen) atoms. The fraction of sp³-hybridized carbons (Fsp3) is 0.286. The SMILES string of the molecule is COC(=O)[C@H]1N[C@H]2c3ccccc3N(S(=O)(=O)c3ccc(C)cc3)C[C@]2(C(=O)OC)[C@@H]1c1cccc(Cl)c1. The molecule has 10 heteroatoms. The van der Waals surface area contributed by atoms with E-state index >= 15 is 0 Å². The van der Waals surface area contributed by atoms with Crippen molar-refractivity contribution in [3.8, 4) is 0 Å². The Morgan fingerprint density at radius 1 is 1.00 bits per heavy atom. The van der Waals surface area contributed by atoms with Gasteiger partial charge in [0.05, 0.1) is 37.4 Å². The molecule has 0 bridgehead atoms. The van der Waals surface area contributed by atoms with Crippen molar-refractivity contribution in [1.29, 1.82) is 0 Å². The third kappa shape index (κ3) is 3.97. The van der Waals surface area contributed by atoms with E-state index in [-0.39, 0.29) is 11.4 Å². The molecule has 0 saturated carbocycles. The van der Waals surface area contributed by atoms with E-state index in [4.69, 9.17) is 21.1 Å². The predicted octanol–water partition coefficient (Wildman–Crippen LogP) is 3.99. The molecule has 0 aliphatic carbocycles. The lowest BCUT2D eigenvalue weighted by Gasteiger charge is -2.46. The van der Waals surface area contributed by atoms with Crippen LogP contribution in [0.3, 0.4) is 0 Å². The Morgan fingerprint density at radius 2 is 1.71 bits per heavy atom. The molecule has 8 nitrogen and oxygen atoms in total. The highest BCUT2D eigenvalue weighted by atomic mass is 35.5. The van der Waals surface area contributed by atoms with Crippen LogP contribution >= 0.6 is 11.6 Å². The highest BCUT2D eigenvalue weighted by molar-refractivity contribution is 7.92. The van der Waals surface area contributed by atoms with Crippen molar-refractivity contribution in [3.63, 3.8) is 0 Å². The predicted molar refractivity (Wildman–Crippen MR) is 142 cm³/mol. The number of anilines is 1. The first kappa shape index (κ1) is 26.2. The standard InChI is InChI=1S/C28H27ClN2O6S/c1-17-11-13-20(14-12-17)38(34,35)31-16-28(27(33)37-3)23(18-7-6-8-19(29)15-18)24(26(32)36-2)30-25(28)21-9-4-5-10-22(21)31/h4-15,23-25,30H,16H2,1-3H3/t23-,24+,25+,28+/m1/s1. The van der Waals surface area contributed by atoms with Gasteiger partial charge in [-0.3, -0.25) is 19.2 Å². The first-order chi connectivity index (χ1) is 18.1. The minimum atomic E-state index is -4.11. The smallest absolute Gasteiger partial charge is 0.323 e. The molecule has 1 fully saturated rings. The average molecular weight is 555 g/mol. The van der Waals surface area contributed by atoms with Crippen molar-refractivity contribution in [2.45, 2.75) is 29.8 Å². The summed E-state index contributed by atoms with van der Waals surface area (Å²) in [5.74, 6) is -2.08. The summed E-state index contributed by atoms with van der Waals surface area (Å²) >= 11 is 6.33. The first-order valence-corrected chi connectivity index (χ1v) is 13.8. The van der Waals surface area contributed by atoms with Crippen molar-refractivity contribution in [3.05, 3.63) is 94.5 Å². The highest BCUT2D eigenvalue weighted by Crippen LogP contribution is 2.59. The maximum atomic E-state index is 14.1. The molecule has 4 atom stereocenters.